The summed E-state index contributed by atoms with van der Waals surface area (Å²) < 4.78 is 5.26. The summed E-state index contributed by atoms with van der Waals surface area (Å²) in [5.74, 6) is -0.452. The van der Waals surface area contributed by atoms with Gasteiger partial charge in [-0.3, -0.25) is 14.9 Å². The van der Waals surface area contributed by atoms with E-state index in [9.17, 15) is 14.9 Å². The number of carbonyl (C=O) groups excluding carboxylic acids is 1. The fraction of sp³-hybridized carbons (Fsp3) is 0.136. The fourth-order valence-electron chi connectivity index (χ4n) is 2.81. The molecule has 0 aromatic heterocycles. The van der Waals surface area contributed by atoms with Crippen LogP contribution in [-0.2, 0) is 22.6 Å². The second kappa shape index (κ2) is 8.92. The summed E-state index contributed by atoms with van der Waals surface area (Å²) in [5.41, 5.74) is 9.42. The lowest BCUT2D eigenvalue weighted by Gasteiger charge is -2.12. The van der Waals surface area contributed by atoms with E-state index in [1.54, 1.807) is 6.07 Å². The maximum atomic E-state index is 12.1. The number of hydrogen-bond acceptors (Lipinski definition) is 5. The Balaban J connectivity index is 1.59. The molecule has 0 amide bonds. The van der Waals surface area contributed by atoms with Crippen molar-refractivity contribution in [1.29, 1.82) is 0 Å². The third-order valence-corrected chi connectivity index (χ3v) is 4.33. The molecular formula is C22H20N2O4. The Morgan fingerprint density at radius 2 is 1.64 bits per heavy atom. The Morgan fingerprint density at radius 3 is 2.32 bits per heavy atom. The number of nitro benzene ring substituents is 1. The van der Waals surface area contributed by atoms with Crippen LogP contribution in [0.5, 0.6) is 0 Å². The lowest BCUT2D eigenvalue weighted by Crippen LogP contribution is -2.34. The van der Waals surface area contributed by atoms with Crippen LogP contribution >= 0.6 is 0 Å². The van der Waals surface area contributed by atoms with Gasteiger partial charge in [0.1, 0.15) is 12.6 Å². The molecule has 1 atom stereocenters. The summed E-state index contributed by atoms with van der Waals surface area (Å²) in [5, 5.41) is 10.9. The Kier molecular flexibility index (Phi) is 6.14. The highest BCUT2D eigenvalue weighted by atomic mass is 16.6. The van der Waals surface area contributed by atoms with Gasteiger partial charge in [0.05, 0.1) is 4.92 Å². The smallest absolute Gasteiger partial charge is 0.323 e. The van der Waals surface area contributed by atoms with Crippen molar-refractivity contribution in [3.8, 4) is 11.1 Å². The summed E-state index contributed by atoms with van der Waals surface area (Å²) in [7, 11) is 0. The van der Waals surface area contributed by atoms with Crippen molar-refractivity contribution in [3.05, 3.63) is 100 Å². The lowest BCUT2D eigenvalue weighted by molar-refractivity contribution is -0.384. The van der Waals surface area contributed by atoms with E-state index in [1.165, 1.54) is 12.1 Å². The average Bonchev–Trinajstić information content (AvgIpc) is 2.73. The SMILES string of the molecule is N[C@@H](Cc1ccc(-c2cccc([N+](=O)[O-])c2)cc1)C(=O)OCc1ccccc1. The Bertz CT molecular complexity index is 956. The Labute approximate surface area is 162 Å². The molecule has 0 radical (unpaired) electrons. The van der Waals surface area contributed by atoms with Crippen molar-refractivity contribution in [1.82, 2.24) is 0 Å². The average molecular weight is 376 g/mol. The van der Waals surface area contributed by atoms with E-state index in [2.05, 4.69) is 0 Å². The van der Waals surface area contributed by atoms with E-state index in [0.29, 0.717) is 6.42 Å². The van der Waals surface area contributed by atoms with Crippen LogP contribution in [0.2, 0.25) is 0 Å². The van der Waals surface area contributed by atoms with Gasteiger partial charge in [-0.1, -0.05) is 66.7 Å². The van der Waals surface area contributed by atoms with Crippen LogP contribution in [0.4, 0.5) is 5.69 Å². The Morgan fingerprint density at radius 1 is 0.929 bits per heavy atom. The van der Waals surface area contributed by atoms with E-state index in [1.807, 2.05) is 60.7 Å². The fourth-order valence-corrected chi connectivity index (χ4v) is 2.81. The first-order valence-corrected chi connectivity index (χ1v) is 8.83. The van der Waals surface area contributed by atoms with Crippen LogP contribution in [0.25, 0.3) is 11.1 Å². The van der Waals surface area contributed by atoms with Gasteiger partial charge in [-0.15, -0.1) is 0 Å². The molecule has 0 heterocycles. The zero-order valence-corrected chi connectivity index (χ0v) is 15.2. The highest BCUT2D eigenvalue weighted by Crippen LogP contribution is 2.24. The van der Waals surface area contributed by atoms with Gasteiger partial charge >= 0.3 is 5.97 Å². The van der Waals surface area contributed by atoms with E-state index < -0.39 is 16.9 Å². The normalized spacial score (nSPS) is 11.6. The third-order valence-electron chi connectivity index (χ3n) is 4.33. The molecule has 0 bridgehead atoms. The number of rotatable bonds is 7. The molecule has 6 heteroatoms. The van der Waals surface area contributed by atoms with Crippen molar-refractivity contribution < 1.29 is 14.5 Å². The minimum absolute atomic E-state index is 0.0461. The minimum Gasteiger partial charge on any atom is -0.460 e. The number of benzene rings is 3. The number of nitrogens with two attached hydrogens (primary N) is 1. The molecule has 0 aliphatic carbocycles. The zero-order chi connectivity index (χ0) is 19.9. The molecule has 3 aromatic carbocycles. The van der Waals surface area contributed by atoms with E-state index in [-0.39, 0.29) is 12.3 Å². The quantitative estimate of drug-likeness (QED) is 0.384. The zero-order valence-electron chi connectivity index (χ0n) is 15.2. The van der Waals surface area contributed by atoms with Crippen LogP contribution in [0.1, 0.15) is 11.1 Å². The van der Waals surface area contributed by atoms with E-state index >= 15 is 0 Å². The molecule has 0 saturated heterocycles. The van der Waals surface area contributed by atoms with Gasteiger partial charge in [0.2, 0.25) is 0 Å². The largest absolute Gasteiger partial charge is 0.460 e. The molecule has 0 aliphatic heterocycles. The number of hydrogen-bond donors (Lipinski definition) is 1. The van der Waals surface area contributed by atoms with Crippen molar-refractivity contribution in [3.63, 3.8) is 0 Å². The molecule has 0 aliphatic rings. The number of non-ortho nitro benzene ring substituents is 1. The molecule has 0 fully saturated rings. The first-order valence-electron chi connectivity index (χ1n) is 8.83. The van der Waals surface area contributed by atoms with Crippen LogP contribution in [0.15, 0.2) is 78.9 Å². The molecule has 3 aromatic rings. The third kappa shape index (κ3) is 5.02. The molecule has 28 heavy (non-hydrogen) atoms. The van der Waals surface area contributed by atoms with Gasteiger partial charge in [-0.05, 0) is 28.7 Å². The standard InChI is InChI=1S/C22H20N2O4/c23-21(22(25)28-15-17-5-2-1-3-6-17)13-16-9-11-18(12-10-16)19-7-4-8-20(14-19)24(26)27/h1-12,14,21H,13,15,23H2/t21-/m0/s1. The number of carbonyl (C=O) groups is 1. The van der Waals surface area contributed by atoms with Crippen LogP contribution in [0.3, 0.4) is 0 Å². The number of nitro groups is 1. The van der Waals surface area contributed by atoms with Gasteiger partial charge in [-0.2, -0.15) is 0 Å². The summed E-state index contributed by atoms with van der Waals surface area (Å²) in [6.45, 7) is 0.194. The van der Waals surface area contributed by atoms with Gasteiger partial charge in [0.15, 0.2) is 0 Å². The predicted molar refractivity (Wildman–Crippen MR) is 106 cm³/mol. The van der Waals surface area contributed by atoms with Crippen molar-refractivity contribution in [2.24, 2.45) is 5.73 Å². The topological polar surface area (TPSA) is 95.5 Å². The molecule has 0 saturated carbocycles. The summed E-state index contributed by atoms with van der Waals surface area (Å²) >= 11 is 0. The highest BCUT2D eigenvalue weighted by molar-refractivity contribution is 5.76. The van der Waals surface area contributed by atoms with Gasteiger partial charge in [-0.25, -0.2) is 0 Å². The van der Waals surface area contributed by atoms with Crippen LogP contribution in [0, 0.1) is 10.1 Å². The summed E-state index contributed by atoms with van der Waals surface area (Å²) in [4.78, 5) is 22.6. The predicted octanol–water partition coefficient (Wildman–Crippen LogP) is 3.88. The van der Waals surface area contributed by atoms with Gasteiger partial charge < -0.3 is 10.5 Å². The minimum atomic E-state index is -0.757. The van der Waals surface area contributed by atoms with Crippen LogP contribution < -0.4 is 5.73 Å². The Hall–Kier alpha value is -3.51. The molecule has 6 nitrogen and oxygen atoms in total. The van der Waals surface area contributed by atoms with Crippen LogP contribution in [-0.4, -0.2) is 16.9 Å². The highest BCUT2D eigenvalue weighted by Gasteiger charge is 2.16. The van der Waals surface area contributed by atoms with Crippen molar-refractivity contribution in [2.75, 3.05) is 0 Å². The van der Waals surface area contributed by atoms with E-state index in [4.69, 9.17) is 10.5 Å². The van der Waals surface area contributed by atoms with E-state index in [0.717, 1.165) is 22.3 Å². The summed E-state index contributed by atoms with van der Waals surface area (Å²) in [6, 6.07) is 22.5. The monoisotopic (exact) mass is 376 g/mol. The number of ether oxygens (including phenoxy) is 1. The molecule has 0 unspecified atom stereocenters. The maximum Gasteiger partial charge on any atom is 0.323 e. The van der Waals surface area contributed by atoms with Crippen molar-refractivity contribution in [2.45, 2.75) is 19.1 Å². The first kappa shape index (κ1) is 19.3. The molecular weight excluding hydrogens is 356 g/mol. The second-order valence-corrected chi connectivity index (χ2v) is 6.41. The van der Waals surface area contributed by atoms with Gasteiger partial charge in [0, 0.05) is 12.1 Å². The lowest BCUT2D eigenvalue weighted by atomic mass is 10.0. The molecule has 2 N–H and O–H groups in total. The first-order chi connectivity index (χ1) is 13.5. The molecule has 3 rings (SSSR count). The molecule has 142 valence electrons. The summed E-state index contributed by atoms with van der Waals surface area (Å²) in [6.07, 6.45) is 0.350. The number of nitrogens with zero attached hydrogens (tertiary/aromatic N) is 1. The second-order valence-electron chi connectivity index (χ2n) is 6.41. The van der Waals surface area contributed by atoms with Crippen molar-refractivity contribution >= 4 is 11.7 Å². The maximum absolute atomic E-state index is 12.1. The van der Waals surface area contributed by atoms with Gasteiger partial charge in [0.25, 0.3) is 5.69 Å². The molecule has 0 spiro atoms. The number of esters is 1.